The molecule has 208 valence electrons. The zero-order valence-corrected chi connectivity index (χ0v) is 24.2. The Kier molecular flexibility index (Phi) is 10.9. The highest BCUT2D eigenvalue weighted by Gasteiger charge is 2.21. The Hall–Kier alpha value is -2.96. The van der Waals surface area contributed by atoms with Crippen LogP contribution in [-0.4, -0.2) is 61.4 Å². The lowest BCUT2D eigenvalue weighted by Gasteiger charge is -2.18. The van der Waals surface area contributed by atoms with Gasteiger partial charge in [0.1, 0.15) is 12.4 Å². The maximum absolute atomic E-state index is 12.7. The van der Waals surface area contributed by atoms with E-state index in [2.05, 4.69) is 26.1 Å². The van der Waals surface area contributed by atoms with Crippen molar-refractivity contribution in [3.05, 3.63) is 86.8 Å². The molecule has 3 N–H and O–H groups in total. The molecule has 12 heteroatoms. The fourth-order valence-corrected chi connectivity index (χ4v) is 5.40. The standard InChI is InChI=1S/C26H26BrClN2O5S.CH2O2/c1-36(33,34)22-6-7-23(24(28)13-22)26(32)29-20-4-2-3-17(11-20)16-35-25-8-5-19(27)12-18(25)14-30-10-9-21(31)15-30;2-1-3/h2-8,11-13,21,31H,9-10,14-16H2,1H3,(H,29,32);1H,(H,2,3)/t21-;/m0./s1. The summed E-state index contributed by atoms with van der Waals surface area (Å²) in [6, 6.07) is 17.2. The first-order valence-corrected chi connectivity index (χ1v) is 14.9. The van der Waals surface area contributed by atoms with Crippen LogP contribution >= 0.6 is 27.5 Å². The molecule has 1 saturated heterocycles. The van der Waals surface area contributed by atoms with Crippen LogP contribution in [0.5, 0.6) is 5.75 Å². The van der Waals surface area contributed by atoms with Crippen molar-refractivity contribution in [2.45, 2.75) is 30.6 Å². The molecule has 9 nitrogen and oxygen atoms in total. The summed E-state index contributed by atoms with van der Waals surface area (Å²) in [6.45, 7) is 2.22. The van der Waals surface area contributed by atoms with Crippen LogP contribution in [0.2, 0.25) is 5.02 Å². The number of nitrogens with one attached hydrogen (secondary N) is 1. The van der Waals surface area contributed by atoms with Crippen molar-refractivity contribution >= 4 is 55.4 Å². The van der Waals surface area contributed by atoms with E-state index in [1.807, 2.05) is 36.4 Å². The van der Waals surface area contributed by atoms with E-state index in [-0.39, 0.29) is 28.1 Å². The van der Waals surface area contributed by atoms with Crippen molar-refractivity contribution in [1.29, 1.82) is 0 Å². The van der Waals surface area contributed by atoms with E-state index in [0.717, 1.165) is 40.6 Å². The van der Waals surface area contributed by atoms with Crippen LogP contribution in [0.15, 0.2) is 70.0 Å². The summed E-state index contributed by atoms with van der Waals surface area (Å²) in [5.41, 5.74) is 2.62. The van der Waals surface area contributed by atoms with Gasteiger partial charge in [0.2, 0.25) is 0 Å². The minimum atomic E-state index is -3.42. The van der Waals surface area contributed by atoms with Crippen molar-refractivity contribution < 1.29 is 33.0 Å². The summed E-state index contributed by atoms with van der Waals surface area (Å²) >= 11 is 9.70. The molecule has 0 saturated carbocycles. The average Bonchev–Trinajstić information content (AvgIpc) is 3.28. The van der Waals surface area contributed by atoms with Gasteiger partial charge in [-0.1, -0.05) is 39.7 Å². The molecule has 0 bridgehead atoms. The minimum Gasteiger partial charge on any atom is -0.489 e. The number of sulfone groups is 1. The van der Waals surface area contributed by atoms with E-state index in [0.29, 0.717) is 25.4 Å². The van der Waals surface area contributed by atoms with E-state index in [9.17, 15) is 18.3 Å². The topological polar surface area (TPSA) is 133 Å². The van der Waals surface area contributed by atoms with Gasteiger partial charge in [-0.2, -0.15) is 0 Å². The zero-order valence-electron chi connectivity index (χ0n) is 21.0. The van der Waals surface area contributed by atoms with Crippen LogP contribution in [0.1, 0.15) is 27.9 Å². The predicted molar refractivity (Wildman–Crippen MR) is 152 cm³/mol. The number of anilines is 1. The molecule has 1 amide bonds. The quantitative estimate of drug-likeness (QED) is 0.305. The number of hydrogen-bond donors (Lipinski definition) is 3. The Balaban J connectivity index is 0.00000134. The van der Waals surface area contributed by atoms with Gasteiger partial charge in [0.05, 0.1) is 21.6 Å². The Bertz CT molecular complexity index is 1440. The number of hydrogen-bond acceptors (Lipinski definition) is 7. The highest BCUT2D eigenvalue weighted by atomic mass is 79.9. The first-order valence-electron chi connectivity index (χ1n) is 11.8. The van der Waals surface area contributed by atoms with Gasteiger partial charge in [0.25, 0.3) is 12.4 Å². The van der Waals surface area contributed by atoms with Crippen LogP contribution in [0, 0.1) is 0 Å². The summed E-state index contributed by atoms with van der Waals surface area (Å²) in [7, 11) is -3.42. The number of likely N-dealkylation sites (tertiary alicyclic amines) is 1. The molecule has 0 aromatic heterocycles. The van der Waals surface area contributed by atoms with E-state index in [1.165, 1.54) is 18.2 Å². The molecule has 1 atom stereocenters. The third kappa shape index (κ3) is 9.04. The fraction of sp³-hybridized carbons (Fsp3) is 0.259. The van der Waals surface area contributed by atoms with E-state index >= 15 is 0 Å². The second-order valence-corrected chi connectivity index (χ2v) is 12.2. The van der Waals surface area contributed by atoms with Crippen molar-refractivity contribution in [3.8, 4) is 5.75 Å². The van der Waals surface area contributed by atoms with Gasteiger partial charge in [-0.05, 0) is 60.5 Å². The van der Waals surface area contributed by atoms with Gasteiger partial charge < -0.3 is 20.3 Å². The average molecular weight is 640 g/mol. The lowest BCUT2D eigenvalue weighted by Crippen LogP contribution is -2.21. The number of carboxylic acid groups (broad SMARTS) is 1. The number of carbonyl (C=O) groups is 2. The Morgan fingerprint density at radius 3 is 2.59 bits per heavy atom. The highest BCUT2D eigenvalue weighted by molar-refractivity contribution is 9.10. The Morgan fingerprint density at radius 2 is 1.95 bits per heavy atom. The first kappa shape index (κ1) is 30.6. The summed E-state index contributed by atoms with van der Waals surface area (Å²) < 4.78 is 30.5. The number of nitrogens with zero attached hydrogens (tertiary/aromatic N) is 1. The SMILES string of the molecule is CS(=O)(=O)c1ccc(C(=O)Nc2cccc(COc3ccc(Br)cc3CN3CC[C@H](O)C3)c2)c(Cl)c1.O=CO. The number of aliphatic hydroxyl groups excluding tert-OH is 1. The number of halogens is 2. The largest absolute Gasteiger partial charge is 0.489 e. The molecule has 39 heavy (non-hydrogen) atoms. The number of carbonyl (C=O) groups excluding carboxylic acids is 1. The monoisotopic (exact) mass is 638 g/mol. The van der Waals surface area contributed by atoms with Crippen molar-refractivity contribution in [2.75, 3.05) is 24.7 Å². The van der Waals surface area contributed by atoms with Crippen molar-refractivity contribution in [3.63, 3.8) is 0 Å². The number of β-amino-alcohol motifs (C(OH)–C–C–N with tert-alkyl or cyclic N) is 1. The first-order chi connectivity index (χ1) is 18.5. The van der Waals surface area contributed by atoms with Gasteiger partial charge in [0.15, 0.2) is 9.84 Å². The molecule has 1 aliphatic rings. The molecular weight excluding hydrogens is 612 g/mol. The van der Waals surface area contributed by atoms with Gasteiger partial charge in [-0.25, -0.2) is 8.42 Å². The second kappa shape index (κ2) is 13.9. The molecule has 0 unspecified atom stereocenters. The van der Waals surface area contributed by atoms with E-state index in [1.54, 1.807) is 6.07 Å². The van der Waals surface area contributed by atoms with E-state index < -0.39 is 15.7 Å². The Morgan fingerprint density at radius 1 is 1.21 bits per heavy atom. The maximum Gasteiger partial charge on any atom is 0.290 e. The fourth-order valence-electron chi connectivity index (χ4n) is 4.02. The third-order valence-corrected chi connectivity index (χ3v) is 7.77. The van der Waals surface area contributed by atoms with Gasteiger partial charge in [-0.15, -0.1) is 0 Å². The molecule has 3 aromatic carbocycles. The van der Waals surface area contributed by atoms with Gasteiger partial charge in [0, 0.05) is 41.6 Å². The molecule has 4 rings (SSSR count). The maximum atomic E-state index is 12.7. The molecule has 0 radical (unpaired) electrons. The lowest BCUT2D eigenvalue weighted by atomic mass is 10.1. The highest BCUT2D eigenvalue weighted by Crippen LogP contribution is 2.27. The second-order valence-electron chi connectivity index (χ2n) is 8.89. The number of aliphatic hydroxyl groups is 1. The van der Waals surface area contributed by atoms with Crippen LogP contribution in [0.25, 0.3) is 0 Å². The number of rotatable bonds is 8. The number of amides is 1. The van der Waals surface area contributed by atoms with Crippen molar-refractivity contribution in [2.24, 2.45) is 0 Å². The lowest BCUT2D eigenvalue weighted by molar-refractivity contribution is -0.122. The molecule has 3 aromatic rings. The molecular formula is C27H28BrClN2O7S. The van der Waals surface area contributed by atoms with E-state index in [4.69, 9.17) is 26.2 Å². The van der Waals surface area contributed by atoms with Gasteiger partial charge >= 0.3 is 0 Å². The zero-order chi connectivity index (χ0) is 28.6. The normalized spacial score (nSPS) is 15.2. The third-order valence-electron chi connectivity index (χ3n) is 5.86. The molecule has 1 fully saturated rings. The summed E-state index contributed by atoms with van der Waals surface area (Å²) in [5, 5.41) is 19.6. The van der Waals surface area contributed by atoms with Crippen LogP contribution in [0.3, 0.4) is 0 Å². The summed E-state index contributed by atoms with van der Waals surface area (Å²) in [4.78, 5) is 23.4. The van der Waals surface area contributed by atoms with Crippen molar-refractivity contribution in [1.82, 2.24) is 4.90 Å². The number of ether oxygens (including phenoxy) is 1. The number of benzene rings is 3. The van der Waals surface area contributed by atoms with Crippen LogP contribution in [0.4, 0.5) is 5.69 Å². The molecule has 0 aliphatic carbocycles. The predicted octanol–water partition coefficient (Wildman–Crippen LogP) is 4.60. The van der Waals surface area contributed by atoms with Gasteiger partial charge in [-0.3, -0.25) is 14.5 Å². The molecule has 1 aliphatic heterocycles. The molecule has 0 spiro atoms. The smallest absolute Gasteiger partial charge is 0.290 e. The van der Waals surface area contributed by atoms with Crippen LogP contribution < -0.4 is 10.1 Å². The minimum absolute atomic E-state index is 0.0522. The Labute approximate surface area is 240 Å². The molecule has 1 heterocycles. The summed E-state index contributed by atoms with van der Waals surface area (Å²) in [6.07, 6.45) is 1.57. The van der Waals surface area contributed by atoms with Crippen LogP contribution in [-0.2, 0) is 27.8 Å². The summed E-state index contributed by atoms with van der Waals surface area (Å²) in [5.74, 6) is 0.313.